The van der Waals surface area contributed by atoms with E-state index in [2.05, 4.69) is 30.8 Å². The van der Waals surface area contributed by atoms with Crippen LogP contribution in [0.25, 0.3) is 0 Å². The fraction of sp³-hybridized carbons (Fsp3) is 0.435. The molecule has 12 heteroatoms. The number of hydrogen-bond acceptors (Lipinski definition) is 6. The molecule has 3 heterocycles. The lowest BCUT2D eigenvalue weighted by atomic mass is 9.88. The van der Waals surface area contributed by atoms with Crippen LogP contribution >= 0.6 is 11.6 Å². The van der Waals surface area contributed by atoms with Gasteiger partial charge >= 0.3 is 6.18 Å². The molecule has 188 valence electrons. The van der Waals surface area contributed by atoms with Crippen LogP contribution in [0.1, 0.15) is 42.0 Å². The number of benzene rings is 1. The van der Waals surface area contributed by atoms with Crippen molar-refractivity contribution >= 4 is 34.9 Å². The molecule has 0 radical (unpaired) electrons. The summed E-state index contributed by atoms with van der Waals surface area (Å²) in [5, 5.41) is 13.4. The van der Waals surface area contributed by atoms with Crippen molar-refractivity contribution in [3.05, 3.63) is 52.1 Å². The number of aromatic nitrogens is 4. The van der Waals surface area contributed by atoms with E-state index in [1.54, 1.807) is 24.0 Å². The van der Waals surface area contributed by atoms with Gasteiger partial charge < -0.3 is 15.5 Å². The standard InChI is InChI=1S/C23H26ClF4N7/c1-13-9-18(25)16(15-3-6-35(7-4-15)8-5-23(26,27)28)11-19(13)30-22-29-12-17(24)21(32-22)31-20-10-14(2)33-34-20/h9-12,15H,3-8H2,1-2H3,(H3,29,30,31,32,33,34). The lowest BCUT2D eigenvalue weighted by Gasteiger charge is -2.32. The Balaban J connectivity index is 1.47. The molecule has 35 heavy (non-hydrogen) atoms. The first-order valence-corrected chi connectivity index (χ1v) is 11.6. The van der Waals surface area contributed by atoms with Crippen LogP contribution in [0, 0.1) is 19.7 Å². The second kappa shape index (κ2) is 10.4. The molecule has 1 aliphatic rings. The Kier molecular flexibility index (Phi) is 7.46. The highest BCUT2D eigenvalue weighted by molar-refractivity contribution is 6.32. The predicted octanol–water partition coefficient (Wildman–Crippen LogP) is 6.23. The van der Waals surface area contributed by atoms with E-state index in [-0.39, 0.29) is 24.2 Å². The topological polar surface area (TPSA) is 81.8 Å². The number of rotatable bonds is 7. The lowest BCUT2D eigenvalue weighted by Crippen LogP contribution is -2.35. The molecule has 1 aromatic carbocycles. The SMILES string of the molecule is Cc1cc(Nc2nc(Nc3cc(C4CCN(CCC(F)(F)F)CC4)c(F)cc3C)ncc2Cl)n[nH]1. The monoisotopic (exact) mass is 511 g/mol. The van der Waals surface area contributed by atoms with Crippen molar-refractivity contribution in [2.45, 2.75) is 45.2 Å². The second-order valence-electron chi connectivity index (χ2n) is 8.75. The van der Waals surface area contributed by atoms with Gasteiger partial charge in [-0.1, -0.05) is 11.6 Å². The number of anilines is 4. The van der Waals surface area contributed by atoms with Gasteiger partial charge in [0.15, 0.2) is 11.6 Å². The average molecular weight is 512 g/mol. The molecule has 7 nitrogen and oxygen atoms in total. The Morgan fingerprint density at radius 1 is 1.14 bits per heavy atom. The normalized spacial score (nSPS) is 15.4. The molecule has 0 aliphatic carbocycles. The summed E-state index contributed by atoms with van der Waals surface area (Å²) in [5.74, 6) is 0.782. The summed E-state index contributed by atoms with van der Waals surface area (Å²) < 4.78 is 52.4. The maximum atomic E-state index is 14.9. The Morgan fingerprint density at radius 2 is 1.89 bits per heavy atom. The number of aromatic amines is 1. The number of nitrogens with zero attached hydrogens (tertiary/aromatic N) is 4. The van der Waals surface area contributed by atoms with Gasteiger partial charge in [0.2, 0.25) is 5.95 Å². The quantitative estimate of drug-likeness (QED) is 0.326. The summed E-state index contributed by atoms with van der Waals surface area (Å²) in [6.07, 6.45) is -2.37. The van der Waals surface area contributed by atoms with Gasteiger partial charge in [-0.05, 0) is 69.0 Å². The molecule has 4 rings (SSSR count). The zero-order chi connectivity index (χ0) is 25.2. The van der Waals surface area contributed by atoms with Gasteiger partial charge in [-0.3, -0.25) is 5.10 Å². The number of nitrogens with one attached hydrogen (secondary N) is 3. The van der Waals surface area contributed by atoms with Crippen molar-refractivity contribution in [2.75, 3.05) is 30.3 Å². The van der Waals surface area contributed by atoms with Crippen LogP contribution in [0.4, 0.5) is 40.8 Å². The van der Waals surface area contributed by atoms with Crippen LogP contribution in [-0.4, -0.2) is 50.9 Å². The number of piperidine rings is 1. The molecule has 3 N–H and O–H groups in total. The largest absolute Gasteiger partial charge is 0.390 e. The third kappa shape index (κ3) is 6.61. The zero-order valence-corrected chi connectivity index (χ0v) is 20.1. The van der Waals surface area contributed by atoms with E-state index in [0.717, 1.165) is 5.69 Å². The molecule has 3 aromatic rings. The average Bonchev–Trinajstić information content (AvgIpc) is 3.21. The summed E-state index contributed by atoms with van der Waals surface area (Å²) in [6.45, 7) is 4.61. The summed E-state index contributed by atoms with van der Waals surface area (Å²) in [4.78, 5) is 10.4. The highest BCUT2D eigenvalue weighted by atomic mass is 35.5. The number of aryl methyl sites for hydroxylation is 2. The molecular formula is C23H26ClF4N7. The summed E-state index contributed by atoms with van der Waals surface area (Å²) >= 11 is 6.22. The van der Waals surface area contributed by atoms with Crippen molar-refractivity contribution in [1.29, 1.82) is 0 Å². The molecule has 1 aliphatic heterocycles. The first-order valence-electron chi connectivity index (χ1n) is 11.2. The zero-order valence-electron chi connectivity index (χ0n) is 19.3. The van der Waals surface area contributed by atoms with Gasteiger partial charge in [0, 0.05) is 24.0 Å². The smallest absolute Gasteiger partial charge is 0.324 e. The van der Waals surface area contributed by atoms with Crippen LogP contribution in [0.3, 0.4) is 0 Å². The van der Waals surface area contributed by atoms with E-state index in [4.69, 9.17) is 11.6 Å². The van der Waals surface area contributed by atoms with Gasteiger partial charge in [-0.15, -0.1) is 0 Å². The molecule has 0 saturated carbocycles. The highest BCUT2D eigenvalue weighted by Crippen LogP contribution is 2.34. The van der Waals surface area contributed by atoms with Crippen LogP contribution in [0.5, 0.6) is 0 Å². The van der Waals surface area contributed by atoms with E-state index in [0.29, 0.717) is 59.4 Å². The van der Waals surface area contributed by atoms with E-state index >= 15 is 0 Å². The van der Waals surface area contributed by atoms with Gasteiger partial charge in [-0.25, -0.2) is 9.37 Å². The van der Waals surface area contributed by atoms with E-state index in [1.807, 2.05) is 6.92 Å². The number of hydrogen-bond donors (Lipinski definition) is 3. The molecule has 0 atom stereocenters. The molecule has 0 amide bonds. The molecule has 1 saturated heterocycles. The van der Waals surface area contributed by atoms with E-state index in [1.165, 1.54) is 12.3 Å². The van der Waals surface area contributed by atoms with Crippen molar-refractivity contribution < 1.29 is 17.6 Å². The Morgan fingerprint density at radius 3 is 2.54 bits per heavy atom. The Hall–Kier alpha value is -2.92. The van der Waals surface area contributed by atoms with Crippen LogP contribution < -0.4 is 10.6 Å². The van der Waals surface area contributed by atoms with Crippen molar-refractivity contribution in [1.82, 2.24) is 25.1 Å². The first kappa shape index (κ1) is 25.2. The maximum absolute atomic E-state index is 14.9. The van der Waals surface area contributed by atoms with E-state index < -0.39 is 12.6 Å². The number of H-pyrrole nitrogens is 1. The number of alkyl halides is 3. The molecule has 1 fully saturated rings. The third-order valence-corrected chi connectivity index (χ3v) is 6.30. The van der Waals surface area contributed by atoms with E-state index in [9.17, 15) is 17.6 Å². The van der Waals surface area contributed by atoms with Gasteiger partial charge in [0.25, 0.3) is 0 Å². The molecule has 0 unspecified atom stereocenters. The van der Waals surface area contributed by atoms with Gasteiger partial charge in [0.1, 0.15) is 10.8 Å². The molecule has 0 bridgehead atoms. The number of likely N-dealkylation sites (tertiary alicyclic amines) is 1. The molecule has 2 aromatic heterocycles. The Bertz CT molecular complexity index is 1170. The fourth-order valence-electron chi connectivity index (χ4n) is 4.13. The molecular weight excluding hydrogens is 486 g/mol. The van der Waals surface area contributed by atoms with Gasteiger partial charge in [-0.2, -0.15) is 23.3 Å². The van der Waals surface area contributed by atoms with Gasteiger partial charge in [0.05, 0.1) is 12.6 Å². The third-order valence-electron chi connectivity index (χ3n) is 6.03. The minimum absolute atomic E-state index is 0.0263. The Labute approximate surface area is 205 Å². The van der Waals surface area contributed by atoms with Crippen LogP contribution in [0.2, 0.25) is 5.02 Å². The highest BCUT2D eigenvalue weighted by Gasteiger charge is 2.30. The van der Waals surface area contributed by atoms with Crippen molar-refractivity contribution in [3.63, 3.8) is 0 Å². The second-order valence-corrected chi connectivity index (χ2v) is 9.15. The van der Waals surface area contributed by atoms with Crippen molar-refractivity contribution in [3.8, 4) is 0 Å². The van der Waals surface area contributed by atoms with Crippen LogP contribution in [0.15, 0.2) is 24.4 Å². The van der Waals surface area contributed by atoms with Crippen molar-refractivity contribution in [2.24, 2.45) is 0 Å². The maximum Gasteiger partial charge on any atom is 0.390 e. The van der Waals surface area contributed by atoms with Crippen LogP contribution in [-0.2, 0) is 0 Å². The fourth-order valence-corrected chi connectivity index (χ4v) is 4.27. The summed E-state index contributed by atoms with van der Waals surface area (Å²) in [5.41, 5.74) is 2.72. The number of halogens is 5. The first-order chi connectivity index (χ1) is 16.6. The summed E-state index contributed by atoms with van der Waals surface area (Å²) in [7, 11) is 0. The summed E-state index contributed by atoms with van der Waals surface area (Å²) in [6, 6.07) is 4.99. The lowest BCUT2D eigenvalue weighted by molar-refractivity contribution is -0.138. The molecule has 0 spiro atoms. The minimum atomic E-state index is -4.17. The predicted molar refractivity (Wildman–Crippen MR) is 127 cm³/mol. The minimum Gasteiger partial charge on any atom is -0.324 e.